The fourth-order valence-corrected chi connectivity index (χ4v) is 3.63. The Morgan fingerprint density at radius 3 is 2.56 bits per heavy atom. The third-order valence-corrected chi connectivity index (χ3v) is 4.97. The molecule has 0 radical (unpaired) electrons. The van der Waals surface area contributed by atoms with Crippen molar-refractivity contribution in [3.63, 3.8) is 0 Å². The molecule has 4 rings (SSSR count). The topological polar surface area (TPSA) is 67.8 Å². The number of carbonyl (C=O) groups excluding carboxylic acids is 1. The number of fused-ring (bicyclic) bond motifs is 2. The van der Waals surface area contributed by atoms with Crippen molar-refractivity contribution in [3.05, 3.63) is 65.4 Å². The van der Waals surface area contributed by atoms with Crippen LogP contribution in [0.4, 0.5) is 0 Å². The van der Waals surface area contributed by atoms with E-state index in [0.29, 0.717) is 12.2 Å². The van der Waals surface area contributed by atoms with Crippen molar-refractivity contribution in [2.24, 2.45) is 0 Å². The number of thiazole rings is 1. The molecule has 2 aromatic heterocycles. The van der Waals surface area contributed by atoms with E-state index in [1.54, 1.807) is 11.3 Å². The lowest BCUT2D eigenvalue weighted by Gasteiger charge is -2.04. The second-order valence-electron chi connectivity index (χ2n) is 5.68. The lowest BCUT2D eigenvalue weighted by atomic mass is 10.3. The van der Waals surface area contributed by atoms with Crippen molar-refractivity contribution in [1.82, 2.24) is 20.3 Å². The molecular formula is C19H16N4OS. The molecule has 2 heterocycles. The van der Waals surface area contributed by atoms with Crippen LogP contribution < -0.4 is 5.32 Å². The molecule has 0 spiro atoms. The van der Waals surface area contributed by atoms with Gasteiger partial charge in [0, 0.05) is 13.0 Å². The molecule has 25 heavy (non-hydrogen) atoms. The summed E-state index contributed by atoms with van der Waals surface area (Å²) in [6.07, 6.45) is 3.21. The Hall–Kier alpha value is -2.86. The average Bonchev–Trinajstić information content (AvgIpc) is 3.07. The molecular weight excluding hydrogens is 332 g/mol. The molecule has 0 aliphatic heterocycles. The summed E-state index contributed by atoms with van der Waals surface area (Å²) in [6, 6.07) is 15.6. The second-order valence-corrected chi connectivity index (χ2v) is 6.79. The zero-order valence-corrected chi connectivity index (χ0v) is 14.3. The predicted octanol–water partition coefficient (Wildman–Crippen LogP) is 3.60. The van der Waals surface area contributed by atoms with Crippen LogP contribution in [0.3, 0.4) is 0 Å². The van der Waals surface area contributed by atoms with Gasteiger partial charge in [-0.2, -0.15) is 0 Å². The first kappa shape index (κ1) is 15.7. The molecule has 0 unspecified atom stereocenters. The van der Waals surface area contributed by atoms with Crippen molar-refractivity contribution in [2.45, 2.75) is 12.8 Å². The minimum Gasteiger partial charge on any atom is -0.351 e. The number of para-hydroxylation sites is 3. The minimum atomic E-state index is -0.192. The van der Waals surface area contributed by atoms with Crippen molar-refractivity contribution in [2.75, 3.05) is 6.54 Å². The Balaban J connectivity index is 1.33. The van der Waals surface area contributed by atoms with Gasteiger partial charge < -0.3 is 5.32 Å². The summed E-state index contributed by atoms with van der Waals surface area (Å²) < 4.78 is 1.20. The van der Waals surface area contributed by atoms with Crippen molar-refractivity contribution in [3.8, 4) is 0 Å². The Labute approximate surface area is 148 Å². The van der Waals surface area contributed by atoms with Crippen LogP contribution in [0.2, 0.25) is 0 Å². The number of amides is 1. The van der Waals surface area contributed by atoms with E-state index < -0.39 is 0 Å². The maximum absolute atomic E-state index is 12.2. The van der Waals surface area contributed by atoms with E-state index in [0.717, 1.165) is 34.4 Å². The van der Waals surface area contributed by atoms with Crippen LogP contribution in [0.5, 0.6) is 0 Å². The number of aromatic nitrogens is 3. The second kappa shape index (κ2) is 6.94. The highest BCUT2D eigenvalue weighted by Gasteiger charge is 2.09. The number of nitrogens with one attached hydrogen (secondary N) is 1. The molecule has 1 amide bonds. The molecule has 0 saturated carbocycles. The van der Waals surface area contributed by atoms with E-state index in [-0.39, 0.29) is 5.91 Å². The summed E-state index contributed by atoms with van der Waals surface area (Å²) in [7, 11) is 0. The van der Waals surface area contributed by atoms with Gasteiger partial charge >= 0.3 is 0 Å². The molecule has 2 aromatic carbocycles. The maximum Gasteiger partial charge on any atom is 0.271 e. The van der Waals surface area contributed by atoms with Gasteiger partial charge in [0.1, 0.15) is 5.69 Å². The van der Waals surface area contributed by atoms with Gasteiger partial charge in [-0.15, -0.1) is 11.3 Å². The monoisotopic (exact) mass is 348 g/mol. The SMILES string of the molecule is O=C(NCCCc1nc2ccccc2s1)c1cnc2ccccc2n1. The Morgan fingerprint density at radius 1 is 0.960 bits per heavy atom. The zero-order valence-electron chi connectivity index (χ0n) is 13.5. The van der Waals surface area contributed by atoms with Crippen molar-refractivity contribution in [1.29, 1.82) is 0 Å². The smallest absolute Gasteiger partial charge is 0.271 e. The number of benzene rings is 2. The molecule has 0 aliphatic carbocycles. The predicted molar refractivity (Wildman–Crippen MR) is 99.8 cm³/mol. The van der Waals surface area contributed by atoms with E-state index in [1.165, 1.54) is 10.9 Å². The van der Waals surface area contributed by atoms with Crippen LogP contribution in [0.25, 0.3) is 21.3 Å². The summed E-state index contributed by atoms with van der Waals surface area (Å²) in [5.74, 6) is -0.192. The van der Waals surface area contributed by atoms with E-state index >= 15 is 0 Å². The summed E-state index contributed by atoms with van der Waals surface area (Å²) in [5, 5.41) is 4.00. The molecule has 5 nitrogen and oxygen atoms in total. The van der Waals surface area contributed by atoms with E-state index in [2.05, 4.69) is 26.3 Å². The van der Waals surface area contributed by atoms with Gasteiger partial charge in [-0.1, -0.05) is 24.3 Å². The highest BCUT2D eigenvalue weighted by atomic mass is 32.1. The van der Waals surface area contributed by atoms with Gasteiger partial charge in [0.2, 0.25) is 0 Å². The van der Waals surface area contributed by atoms with Crippen LogP contribution >= 0.6 is 11.3 Å². The van der Waals surface area contributed by atoms with E-state index in [9.17, 15) is 4.79 Å². The summed E-state index contributed by atoms with van der Waals surface area (Å²) >= 11 is 1.71. The van der Waals surface area contributed by atoms with E-state index in [4.69, 9.17) is 0 Å². The Morgan fingerprint density at radius 2 is 1.72 bits per heavy atom. The Bertz CT molecular complexity index is 1010. The van der Waals surface area contributed by atoms with Gasteiger partial charge in [-0.25, -0.2) is 9.97 Å². The maximum atomic E-state index is 12.2. The first-order valence-corrected chi connectivity index (χ1v) is 8.96. The summed E-state index contributed by atoms with van der Waals surface area (Å²) in [5.41, 5.74) is 2.90. The van der Waals surface area contributed by atoms with Crippen LogP contribution in [0, 0.1) is 0 Å². The van der Waals surface area contributed by atoms with Gasteiger partial charge in [0.15, 0.2) is 0 Å². The Kier molecular flexibility index (Phi) is 4.35. The number of nitrogens with zero attached hydrogens (tertiary/aromatic N) is 3. The first-order valence-electron chi connectivity index (χ1n) is 8.14. The fraction of sp³-hybridized carbons (Fsp3) is 0.158. The standard InChI is InChI=1S/C19H16N4OS/c24-19(16-12-21-13-6-1-2-7-14(13)22-16)20-11-5-10-18-23-15-8-3-4-9-17(15)25-18/h1-4,6-9,12H,5,10-11H2,(H,20,24). The minimum absolute atomic E-state index is 0.192. The largest absolute Gasteiger partial charge is 0.351 e. The molecule has 1 N–H and O–H groups in total. The lowest BCUT2D eigenvalue weighted by Crippen LogP contribution is -2.25. The highest BCUT2D eigenvalue weighted by molar-refractivity contribution is 7.18. The fourth-order valence-electron chi connectivity index (χ4n) is 2.63. The molecule has 0 aliphatic rings. The third kappa shape index (κ3) is 3.49. The molecule has 0 atom stereocenters. The van der Waals surface area contributed by atoms with Crippen LogP contribution in [-0.2, 0) is 6.42 Å². The number of hydrogen-bond acceptors (Lipinski definition) is 5. The molecule has 6 heteroatoms. The molecule has 0 bridgehead atoms. The van der Waals surface area contributed by atoms with Crippen molar-refractivity contribution >= 4 is 38.5 Å². The van der Waals surface area contributed by atoms with Crippen LogP contribution in [0.15, 0.2) is 54.7 Å². The highest BCUT2D eigenvalue weighted by Crippen LogP contribution is 2.22. The zero-order chi connectivity index (χ0) is 17.1. The lowest BCUT2D eigenvalue weighted by molar-refractivity contribution is 0.0948. The number of carbonyl (C=O) groups is 1. The normalized spacial score (nSPS) is 11.0. The molecule has 0 saturated heterocycles. The van der Waals surface area contributed by atoms with Gasteiger partial charge in [-0.05, 0) is 30.7 Å². The van der Waals surface area contributed by atoms with Gasteiger partial charge in [0.05, 0.1) is 32.5 Å². The van der Waals surface area contributed by atoms with E-state index in [1.807, 2.05) is 42.5 Å². The number of rotatable bonds is 5. The van der Waals surface area contributed by atoms with Crippen LogP contribution in [-0.4, -0.2) is 27.4 Å². The third-order valence-electron chi connectivity index (χ3n) is 3.87. The summed E-state index contributed by atoms with van der Waals surface area (Å²) in [6.45, 7) is 0.587. The molecule has 0 fully saturated rings. The molecule has 4 aromatic rings. The number of hydrogen-bond donors (Lipinski definition) is 1. The summed E-state index contributed by atoms with van der Waals surface area (Å²) in [4.78, 5) is 25.4. The van der Waals surface area contributed by atoms with Crippen LogP contribution in [0.1, 0.15) is 21.9 Å². The van der Waals surface area contributed by atoms with Gasteiger partial charge in [0.25, 0.3) is 5.91 Å². The molecule has 124 valence electrons. The average molecular weight is 348 g/mol. The first-order chi connectivity index (χ1) is 12.3. The van der Waals surface area contributed by atoms with Gasteiger partial charge in [-0.3, -0.25) is 9.78 Å². The van der Waals surface area contributed by atoms with Crippen molar-refractivity contribution < 1.29 is 4.79 Å². The quantitative estimate of drug-likeness (QED) is 0.560. The number of aryl methyl sites for hydroxylation is 1.